The van der Waals surface area contributed by atoms with Crippen molar-refractivity contribution in [1.29, 1.82) is 0 Å². The minimum atomic E-state index is 0.227. The van der Waals surface area contributed by atoms with Crippen LogP contribution >= 0.6 is 0 Å². The number of aromatic hydroxyl groups is 1. The Hall–Kier alpha value is -1.92. The Morgan fingerprint density at radius 3 is 2.76 bits per heavy atom. The lowest BCUT2D eigenvalue weighted by molar-refractivity contribution is 0.113. The largest absolute Gasteiger partial charge is 0.508 e. The van der Waals surface area contributed by atoms with Gasteiger partial charge in [0.25, 0.3) is 5.89 Å². The molecule has 1 aliphatic heterocycles. The molecule has 1 N–H and O–H groups in total. The van der Waals surface area contributed by atoms with Crippen molar-refractivity contribution >= 4 is 0 Å². The van der Waals surface area contributed by atoms with Crippen LogP contribution in [-0.4, -0.2) is 64.8 Å². The molecule has 0 saturated carbocycles. The summed E-state index contributed by atoms with van der Waals surface area (Å²) >= 11 is 0. The van der Waals surface area contributed by atoms with Crippen molar-refractivity contribution in [2.45, 2.75) is 12.5 Å². The molecule has 0 amide bonds. The van der Waals surface area contributed by atoms with Gasteiger partial charge in [-0.05, 0) is 38.4 Å². The number of hydrogen-bond donors (Lipinski definition) is 1. The highest BCUT2D eigenvalue weighted by Crippen LogP contribution is 2.21. The molecule has 1 aliphatic rings. The summed E-state index contributed by atoms with van der Waals surface area (Å²) in [7, 11) is 4.27. The van der Waals surface area contributed by atoms with Crippen molar-refractivity contribution in [3.8, 4) is 17.2 Å². The van der Waals surface area contributed by atoms with Crippen LogP contribution < -0.4 is 0 Å². The number of aromatic nitrogens is 2. The third-order valence-corrected chi connectivity index (χ3v) is 3.98. The molecule has 1 aromatic carbocycles. The number of phenolic OH excluding ortho intramolecular Hbond substituents is 1. The first-order valence-electron chi connectivity index (χ1n) is 7.12. The first kappa shape index (κ1) is 14.0. The highest BCUT2D eigenvalue weighted by Gasteiger charge is 2.24. The predicted octanol–water partition coefficient (Wildman–Crippen LogP) is 1.23. The van der Waals surface area contributed by atoms with Gasteiger partial charge < -0.3 is 19.4 Å². The third-order valence-electron chi connectivity index (χ3n) is 3.98. The van der Waals surface area contributed by atoms with E-state index in [1.165, 1.54) is 0 Å². The van der Waals surface area contributed by atoms with Gasteiger partial charge in [-0.15, -0.1) is 0 Å². The zero-order valence-corrected chi connectivity index (χ0v) is 12.4. The van der Waals surface area contributed by atoms with Gasteiger partial charge in [-0.2, -0.15) is 4.98 Å². The molecule has 1 fully saturated rings. The van der Waals surface area contributed by atoms with E-state index in [4.69, 9.17) is 4.52 Å². The predicted molar refractivity (Wildman–Crippen MR) is 79.0 cm³/mol. The molecule has 21 heavy (non-hydrogen) atoms. The van der Waals surface area contributed by atoms with Crippen LogP contribution in [0.4, 0.5) is 0 Å². The standard InChI is InChI=1S/C15H20N4O2/c1-18-7-8-19(2)12(10-18)9-14-16-15(21-17-14)11-3-5-13(20)6-4-11/h3-6,12,20H,7-10H2,1-2H3. The molecular formula is C15H20N4O2. The Labute approximate surface area is 124 Å². The molecule has 1 atom stereocenters. The van der Waals surface area contributed by atoms with Gasteiger partial charge in [0.2, 0.25) is 0 Å². The molecule has 1 unspecified atom stereocenters. The van der Waals surface area contributed by atoms with Crippen molar-refractivity contribution in [3.05, 3.63) is 30.1 Å². The van der Waals surface area contributed by atoms with Crippen LogP contribution in [0, 0.1) is 0 Å². The van der Waals surface area contributed by atoms with Crippen molar-refractivity contribution in [1.82, 2.24) is 19.9 Å². The van der Waals surface area contributed by atoms with Gasteiger partial charge in [-0.3, -0.25) is 0 Å². The maximum Gasteiger partial charge on any atom is 0.257 e. The molecular weight excluding hydrogens is 268 g/mol. The van der Waals surface area contributed by atoms with Crippen molar-refractivity contribution in [2.75, 3.05) is 33.7 Å². The quantitative estimate of drug-likeness (QED) is 0.916. The molecule has 2 aromatic rings. The third kappa shape index (κ3) is 3.22. The highest BCUT2D eigenvalue weighted by molar-refractivity contribution is 5.53. The van der Waals surface area contributed by atoms with E-state index in [1.807, 2.05) is 0 Å². The topological polar surface area (TPSA) is 65.6 Å². The van der Waals surface area contributed by atoms with E-state index < -0.39 is 0 Å². The number of piperazine rings is 1. The number of benzene rings is 1. The Balaban J connectivity index is 1.71. The fourth-order valence-electron chi connectivity index (χ4n) is 2.59. The van der Waals surface area contributed by atoms with Gasteiger partial charge in [0.1, 0.15) is 5.75 Å². The van der Waals surface area contributed by atoms with E-state index in [-0.39, 0.29) is 5.75 Å². The first-order valence-corrected chi connectivity index (χ1v) is 7.12. The molecule has 6 nitrogen and oxygen atoms in total. The van der Waals surface area contributed by atoms with Gasteiger partial charge >= 0.3 is 0 Å². The minimum absolute atomic E-state index is 0.227. The summed E-state index contributed by atoms with van der Waals surface area (Å²) in [5.74, 6) is 1.45. The Morgan fingerprint density at radius 2 is 2.00 bits per heavy atom. The lowest BCUT2D eigenvalue weighted by atomic mass is 10.1. The first-order chi connectivity index (χ1) is 10.1. The minimum Gasteiger partial charge on any atom is -0.508 e. The second-order valence-corrected chi connectivity index (χ2v) is 5.66. The normalized spacial score (nSPS) is 20.8. The maximum absolute atomic E-state index is 9.30. The lowest BCUT2D eigenvalue weighted by Gasteiger charge is -2.37. The van der Waals surface area contributed by atoms with Crippen LogP contribution in [0.3, 0.4) is 0 Å². The molecule has 0 radical (unpaired) electrons. The molecule has 0 bridgehead atoms. The van der Waals surface area contributed by atoms with E-state index in [0.29, 0.717) is 11.9 Å². The SMILES string of the molecule is CN1CCN(C)C(Cc2noc(-c3ccc(O)cc3)n2)C1. The number of likely N-dealkylation sites (N-methyl/N-ethyl adjacent to an activating group) is 2. The fourth-order valence-corrected chi connectivity index (χ4v) is 2.59. The number of hydrogen-bond acceptors (Lipinski definition) is 6. The van der Waals surface area contributed by atoms with Crippen molar-refractivity contribution in [3.63, 3.8) is 0 Å². The Bertz CT molecular complexity index is 596. The number of nitrogens with zero attached hydrogens (tertiary/aromatic N) is 4. The van der Waals surface area contributed by atoms with Gasteiger partial charge in [-0.25, -0.2) is 0 Å². The zero-order valence-electron chi connectivity index (χ0n) is 12.4. The smallest absolute Gasteiger partial charge is 0.257 e. The van der Waals surface area contributed by atoms with Crippen LogP contribution in [0.25, 0.3) is 11.5 Å². The molecule has 112 valence electrons. The van der Waals surface area contributed by atoms with Crippen LogP contribution in [0.5, 0.6) is 5.75 Å². The van der Waals surface area contributed by atoms with E-state index in [2.05, 4.69) is 34.0 Å². The summed E-state index contributed by atoms with van der Waals surface area (Å²) in [5.41, 5.74) is 0.820. The monoisotopic (exact) mass is 288 g/mol. The summed E-state index contributed by atoms with van der Waals surface area (Å²) < 4.78 is 5.32. The van der Waals surface area contributed by atoms with Gasteiger partial charge in [0.05, 0.1) is 0 Å². The van der Waals surface area contributed by atoms with Crippen LogP contribution in [-0.2, 0) is 6.42 Å². The molecule has 0 aliphatic carbocycles. The van der Waals surface area contributed by atoms with E-state index in [0.717, 1.165) is 37.4 Å². The van der Waals surface area contributed by atoms with E-state index in [1.54, 1.807) is 24.3 Å². The van der Waals surface area contributed by atoms with Gasteiger partial charge in [0.15, 0.2) is 5.82 Å². The second kappa shape index (κ2) is 5.83. The van der Waals surface area contributed by atoms with Crippen LogP contribution in [0.15, 0.2) is 28.8 Å². The highest BCUT2D eigenvalue weighted by atomic mass is 16.5. The second-order valence-electron chi connectivity index (χ2n) is 5.66. The zero-order chi connectivity index (χ0) is 14.8. The van der Waals surface area contributed by atoms with Crippen LogP contribution in [0.2, 0.25) is 0 Å². The van der Waals surface area contributed by atoms with E-state index in [9.17, 15) is 5.11 Å². The van der Waals surface area contributed by atoms with Crippen LogP contribution in [0.1, 0.15) is 5.82 Å². The molecule has 1 aromatic heterocycles. The van der Waals surface area contributed by atoms with Gasteiger partial charge in [0, 0.05) is 37.7 Å². The molecule has 2 heterocycles. The van der Waals surface area contributed by atoms with Gasteiger partial charge in [-0.1, -0.05) is 5.16 Å². The Kier molecular flexibility index (Phi) is 3.90. The lowest BCUT2D eigenvalue weighted by Crippen LogP contribution is -2.50. The summed E-state index contributed by atoms with van der Waals surface area (Å²) in [6.07, 6.45) is 0.780. The average Bonchev–Trinajstić information content (AvgIpc) is 2.92. The van der Waals surface area contributed by atoms with Crippen molar-refractivity contribution < 1.29 is 9.63 Å². The fraction of sp³-hybridized carbons (Fsp3) is 0.467. The van der Waals surface area contributed by atoms with E-state index >= 15 is 0 Å². The Morgan fingerprint density at radius 1 is 1.24 bits per heavy atom. The number of rotatable bonds is 3. The summed E-state index contributed by atoms with van der Waals surface area (Å²) in [6.45, 7) is 3.17. The summed E-state index contributed by atoms with van der Waals surface area (Å²) in [5, 5.41) is 13.4. The molecule has 0 spiro atoms. The molecule has 3 rings (SSSR count). The number of phenols is 1. The summed E-state index contributed by atoms with van der Waals surface area (Å²) in [4.78, 5) is 9.13. The molecule has 1 saturated heterocycles. The average molecular weight is 288 g/mol. The maximum atomic E-state index is 9.30. The van der Waals surface area contributed by atoms with Crippen molar-refractivity contribution in [2.24, 2.45) is 0 Å². The summed E-state index contributed by atoms with van der Waals surface area (Å²) in [6, 6.07) is 7.18. The molecule has 6 heteroatoms.